The van der Waals surface area contributed by atoms with Crippen molar-refractivity contribution in [2.24, 2.45) is 0 Å². The molecule has 1 aromatic heterocycles. The van der Waals surface area contributed by atoms with Gasteiger partial charge in [-0.05, 0) is 41.0 Å². The van der Waals surface area contributed by atoms with Crippen molar-refractivity contribution >= 4 is 49.6 Å². The van der Waals surface area contributed by atoms with Crippen LogP contribution in [0.25, 0.3) is 10.9 Å². The minimum absolute atomic E-state index is 0.133. The van der Waals surface area contributed by atoms with Gasteiger partial charge in [0.1, 0.15) is 18.1 Å². The number of carbonyl (C=O) groups is 1. The fourth-order valence-corrected chi connectivity index (χ4v) is 7.73. The van der Waals surface area contributed by atoms with Gasteiger partial charge in [-0.1, -0.05) is 48.5 Å². The summed E-state index contributed by atoms with van der Waals surface area (Å²) >= 11 is 6.50. The van der Waals surface area contributed by atoms with Crippen LogP contribution in [0.5, 0.6) is 23.0 Å². The second kappa shape index (κ2) is 13.1. The third kappa shape index (κ3) is 5.92. The summed E-state index contributed by atoms with van der Waals surface area (Å²) in [5.74, 6) is 0.485. The van der Waals surface area contributed by atoms with E-state index in [0.717, 1.165) is 5.56 Å². The third-order valence-corrected chi connectivity index (χ3v) is 10.3. The van der Waals surface area contributed by atoms with Crippen LogP contribution in [-0.2, 0) is 22.2 Å². The Morgan fingerprint density at radius 2 is 1.62 bits per heavy atom. The average Bonchev–Trinajstić information content (AvgIpc) is 3.70. The van der Waals surface area contributed by atoms with Crippen LogP contribution in [0.2, 0.25) is 0 Å². The van der Waals surface area contributed by atoms with Crippen molar-refractivity contribution in [3.63, 3.8) is 0 Å². The molecule has 0 unspecified atom stereocenters. The maximum Gasteiger partial charge on any atom is 0.274 e. The number of H-pyrrole nitrogens is 1. The van der Waals surface area contributed by atoms with Crippen LogP contribution in [0.15, 0.2) is 83.8 Å². The van der Waals surface area contributed by atoms with Crippen molar-refractivity contribution in [2.75, 3.05) is 44.4 Å². The normalized spacial score (nSPS) is 14.2. The van der Waals surface area contributed by atoms with Crippen LogP contribution in [0.1, 0.15) is 33.1 Å². The molecular weight excluding hydrogens is 642 g/mol. The van der Waals surface area contributed by atoms with Gasteiger partial charge in [0.15, 0.2) is 21.3 Å². The Kier molecular flexibility index (Phi) is 8.94. The Labute approximate surface area is 277 Å². The average molecular weight is 676 g/mol. The van der Waals surface area contributed by atoms with E-state index < -0.39 is 15.6 Å². The number of ether oxygens (including phenoxy) is 4. The summed E-state index contributed by atoms with van der Waals surface area (Å²) in [6.07, 6.45) is 0. The van der Waals surface area contributed by atoms with E-state index in [2.05, 4.69) is 4.98 Å². The number of hydrogen-bond acceptors (Lipinski definition) is 8. The molecule has 0 bridgehead atoms. The second-order valence-corrected chi connectivity index (χ2v) is 13.4. The Morgan fingerprint density at radius 1 is 0.936 bits per heavy atom. The standard InChI is InChI=1S/C35H34ClN3O7S/c1-43-29-15-22-14-26(38-32(22)34(45-3)33(29)44-2)35(40)39-18-23(17-36)30-25(20-47(41,42)24-12-8-5-9-13-24)31(37)28(16-27(30)39)46-19-21-10-6-4-7-11-21/h4-16,23,38H,17-20,37H2,1-3H3/t23-/m1/s1. The number of nitrogens with zero attached hydrogens (tertiary/aromatic N) is 1. The quantitative estimate of drug-likeness (QED) is 0.123. The van der Waals surface area contributed by atoms with E-state index in [1.165, 1.54) is 21.3 Å². The van der Waals surface area contributed by atoms with E-state index in [4.69, 9.17) is 36.3 Å². The van der Waals surface area contributed by atoms with Crippen LogP contribution in [0.4, 0.5) is 11.4 Å². The van der Waals surface area contributed by atoms with Crippen LogP contribution >= 0.6 is 11.6 Å². The number of hydrogen-bond donors (Lipinski definition) is 2. The van der Waals surface area contributed by atoms with E-state index in [-0.39, 0.29) is 52.9 Å². The van der Waals surface area contributed by atoms with Gasteiger partial charge in [0.25, 0.3) is 5.91 Å². The van der Waals surface area contributed by atoms with Crippen molar-refractivity contribution in [2.45, 2.75) is 23.2 Å². The Morgan fingerprint density at radius 3 is 2.26 bits per heavy atom. The molecule has 0 saturated carbocycles. The lowest BCUT2D eigenvalue weighted by molar-refractivity contribution is 0.0984. The zero-order valence-corrected chi connectivity index (χ0v) is 27.7. The number of alkyl halides is 1. The minimum atomic E-state index is -3.83. The molecule has 3 N–H and O–H groups in total. The monoisotopic (exact) mass is 675 g/mol. The first kappa shape index (κ1) is 32.1. The van der Waals surface area contributed by atoms with E-state index in [1.54, 1.807) is 53.4 Å². The van der Waals surface area contributed by atoms with Crippen LogP contribution in [-0.4, -0.2) is 53.1 Å². The van der Waals surface area contributed by atoms with Crippen molar-refractivity contribution in [3.05, 3.63) is 101 Å². The van der Waals surface area contributed by atoms with E-state index in [1.807, 2.05) is 30.3 Å². The van der Waals surface area contributed by atoms with Gasteiger partial charge < -0.3 is 34.6 Å². The number of fused-ring (bicyclic) bond motifs is 2. The van der Waals surface area contributed by atoms with Gasteiger partial charge in [0.05, 0.1) is 48.9 Å². The molecule has 6 rings (SSSR count). The third-order valence-electron chi connectivity index (χ3n) is 8.32. The molecule has 12 heteroatoms. The molecule has 1 amide bonds. The van der Waals surface area contributed by atoms with Crippen molar-refractivity contribution in [1.82, 2.24) is 4.98 Å². The lowest BCUT2D eigenvalue weighted by Crippen LogP contribution is -2.30. The molecule has 5 aromatic rings. The number of carbonyl (C=O) groups excluding carboxylic acids is 1. The number of nitrogen functional groups attached to an aromatic ring is 1. The topological polar surface area (TPSA) is 133 Å². The fourth-order valence-electron chi connectivity index (χ4n) is 6.05. The predicted octanol–water partition coefficient (Wildman–Crippen LogP) is 6.31. The Bertz CT molecular complexity index is 2050. The number of sulfone groups is 1. The van der Waals surface area contributed by atoms with Gasteiger partial charge in [-0.25, -0.2) is 8.42 Å². The summed E-state index contributed by atoms with van der Waals surface area (Å²) in [5, 5.41) is 0.676. The highest BCUT2D eigenvalue weighted by Gasteiger charge is 2.38. The van der Waals surface area contributed by atoms with Crippen LogP contribution < -0.4 is 29.6 Å². The van der Waals surface area contributed by atoms with Gasteiger partial charge in [-0.3, -0.25) is 4.79 Å². The highest BCUT2D eigenvalue weighted by atomic mass is 35.5. The zero-order valence-electron chi connectivity index (χ0n) is 26.1. The van der Waals surface area contributed by atoms with Crippen LogP contribution in [0.3, 0.4) is 0 Å². The summed E-state index contributed by atoms with van der Waals surface area (Å²) in [6.45, 7) is 0.393. The summed E-state index contributed by atoms with van der Waals surface area (Å²) < 4.78 is 50.2. The molecule has 0 fully saturated rings. The molecule has 2 heterocycles. The number of amides is 1. The number of aromatic nitrogens is 1. The maximum absolute atomic E-state index is 14.3. The number of benzene rings is 4. The van der Waals surface area contributed by atoms with E-state index in [9.17, 15) is 13.2 Å². The molecule has 0 saturated heterocycles. The minimum Gasteiger partial charge on any atom is -0.493 e. The largest absolute Gasteiger partial charge is 0.493 e. The van der Waals surface area contributed by atoms with Gasteiger partial charge >= 0.3 is 0 Å². The SMILES string of the molecule is COc1cc2cc(C(=O)N3C[C@@H](CCl)c4c3cc(OCc3ccccc3)c(N)c4CS(=O)(=O)c3ccccc3)[nH]c2c(OC)c1OC. The lowest BCUT2D eigenvalue weighted by Gasteiger charge is -2.21. The first-order valence-electron chi connectivity index (χ1n) is 14.8. The van der Waals surface area contributed by atoms with Gasteiger partial charge in [0, 0.05) is 29.8 Å². The summed E-state index contributed by atoms with van der Waals surface area (Å²) in [7, 11) is 0.709. The maximum atomic E-state index is 14.3. The first-order chi connectivity index (χ1) is 22.7. The van der Waals surface area contributed by atoms with Crippen molar-refractivity contribution < 1.29 is 32.2 Å². The Balaban J connectivity index is 1.47. The molecule has 0 spiro atoms. The van der Waals surface area contributed by atoms with Crippen molar-refractivity contribution in [1.29, 1.82) is 0 Å². The fraction of sp³-hybridized carbons (Fsp3) is 0.229. The van der Waals surface area contributed by atoms with E-state index in [0.29, 0.717) is 45.0 Å². The lowest BCUT2D eigenvalue weighted by atomic mass is 9.96. The molecule has 0 aliphatic carbocycles. The summed E-state index contributed by atoms with van der Waals surface area (Å²) in [6, 6.07) is 22.9. The molecule has 4 aromatic carbocycles. The number of aromatic amines is 1. The Hall–Kier alpha value is -4.87. The molecule has 1 atom stereocenters. The van der Waals surface area contributed by atoms with Crippen LogP contribution in [0, 0.1) is 0 Å². The van der Waals surface area contributed by atoms with Crippen molar-refractivity contribution in [3.8, 4) is 23.0 Å². The number of nitrogens with one attached hydrogen (secondary N) is 1. The smallest absolute Gasteiger partial charge is 0.274 e. The summed E-state index contributed by atoms with van der Waals surface area (Å²) in [5.41, 5.74) is 10.1. The highest BCUT2D eigenvalue weighted by molar-refractivity contribution is 7.90. The molecule has 10 nitrogen and oxygen atoms in total. The first-order valence-corrected chi connectivity index (χ1v) is 17.0. The van der Waals surface area contributed by atoms with E-state index >= 15 is 0 Å². The zero-order chi connectivity index (χ0) is 33.3. The van der Waals surface area contributed by atoms with Gasteiger partial charge in [0.2, 0.25) is 5.75 Å². The molecule has 0 radical (unpaired) electrons. The number of nitrogens with two attached hydrogens (primary N) is 1. The molecule has 47 heavy (non-hydrogen) atoms. The van der Waals surface area contributed by atoms with Gasteiger partial charge in [-0.2, -0.15) is 0 Å². The molecule has 1 aliphatic rings. The number of rotatable bonds is 11. The second-order valence-electron chi connectivity index (χ2n) is 11.1. The highest BCUT2D eigenvalue weighted by Crippen LogP contribution is 2.48. The summed E-state index contributed by atoms with van der Waals surface area (Å²) in [4.78, 5) is 19.2. The molecule has 244 valence electrons. The van der Waals surface area contributed by atoms with Gasteiger partial charge in [-0.15, -0.1) is 11.6 Å². The number of methoxy groups -OCH3 is 3. The molecule has 1 aliphatic heterocycles. The number of halogens is 1. The molecular formula is C35H34ClN3O7S. The number of anilines is 2. The predicted molar refractivity (Wildman–Crippen MR) is 182 cm³/mol.